The summed E-state index contributed by atoms with van der Waals surface area (Å²) in [5.41, 5.74) is 1.68. The first-order chi connectivity index (χ1) is 12.3. The van der Waals surface area contributed by atoms with Gasteiger partial charge in [-0.15, -0.1) is 0 Å². The number of aromatic nitrogens is 1. The van der Waals surface area contributed by atoms with Crippen molar-refractivity contribution in [3.05, 3.63) is 62.7 Å². The lowest BCUT2D eigenvalue weighted by atomic mass is 10.1. The van der Waals surface area contributed by atoms with E-state index in [0.29, 0.717) is 10.0 Å². The number of halogens is 3. The lowest BCUT2D eigenvalue weighted by Crippen LogP contribution is -2.29. The van der Waals surface area contributed by atoms with Crippen molar-refractivity contribution in [1.82, 2.24) is 4.98 Å². The highest BCUT2D eigenvalue weighted by molar-refractivity contribution is 6.36. The second kappa shape index (κ2) is 9.03. The van der Waals surface area contributed by atoms with Crippen LogP contribution >= 0.6 is 34.8 Å². The van der Waals surface area contributed by atoms with Gasteiger partial charge in [0, 0.05) is 17.3 Å². The molecule has 0 fully saturated rings. The molecule has 1 aromatic carbocycles. The fraction of sp³-hybridized carbons (Fsp3) is 0.167. The van der Waals surface area contributed by atoms with Crippen molar-refractivity contribution in [2.75, 3.05) is 5.32 Å². The minimum Gasteiger partial charge on any atom is -0.449 e. The summed E-state index contributed by atoms with van der Waals surface area (Å²) in [5, 5.41) is 3.59. The number of nitrogens with zero attached hydrogens (tertiary/aromatic N) is 1. The molecule has 1 N–H and O–H groups in total. The van der Waals surface area contributed by atoms with Crippen LogP contribution in [0.3, 0.4) is 0 Å². The zero-order chi connectivity index (χ0) is 19.3. The monoisotopic (exact) mass is 412 g/mol. The number of hydrogen-bond acceptors (Lipinski definition) is 4. The Morgan fingerprint density at radius 3 is 2.58 bits per heavy atom. The summed E-state index contributed by atoms with van der Waals surface area (Å²) in [7, 11) is 0. The number of rotatable bonds is 5. The molecule has 0 spiro atoms. The molecule has 0 saturated carbocycles. The van der Waals surface area contributed by atoms with E-state index in [1.807, 2.05) is 19.1 Å². The largest absolute Gasteiger partial charge is 0.449 e. The Morgan fingerprint density at radius 1 is 1.19 bits per heavy atom. The van der Waals surface area contributed by atoms with E-state index in [4.69, 9.17) is 39.5 Å². The lowest BCUT2D eigenvalue weighted by molar-refractivity contribution is -0.148. The van der Waals surface area contributed by atoms with E-state index >= 15 is 0 Å². The molecule has 1 amide bonds. The molecule has 8 heteroatoms. The third-order valence-electron chi connectivity index (χ3n) is 3.32. The molecule has 0 aliphatic rings. The van der Waals surface area contributed by atoms with E-state index in [-0.39, 0.29) is 10.8 Å². The molecule has 0 aliphatic carbocycles. The SMILES string of the molecule is Cc1ccc(/C=C/C(=O)O[C@H](C)C(=O)Nc2ncc(Cl)cc2Cl)cc1Cl. The summed E-state index contributed by atoms with van der Waals surface area (Å²) in [6.07, 6.45) is 3.07. The van der Waals surface area contributed by atoms with E-state index in [1.165, 1.54) is 25.3 Å². The molecule has 0 unspecified atom stereocenters. The standard InChI is InChI=1S/C18H15Cl3N2O3/c1-10-3-4-12(7-14(10)20)5-6-16(24)26-11(2)18(25)23-17-15(21)8-13(19)9-22-17/h3-9,11H,1-2H3,(H,22,23,25)/b6-5+/t11-/m1/s1. The van der Waals surface area contributed by atoms with Crippen LogP contribution in [0.15, 0.2) is 36.5 Å². The van der Waals surface area contributed by atoms with Gasteiger partial charge in [0.05, 0.1) is 10.0 Å². The molecule has 0 saturated heterocycles. The smallest absolute Gasteiger partial charge is 0.331 e. The minimum atomic E-state index is -1.04. The molecular weight excluding hydrogens is 399 g/mol. The van der Waals surface area contributed by atoms with Crippen LogP contribution < -0.4 is 5.32 Å². The zero-order valence-corrected chi connectivity index (χ0v) is 16.2. The minimum absolute atomic E-state index is 0.133. The number of amides is 1. The summed E-state index contributed by atoms with van der Waals surface area (Å²) in [6, 6.07) is 6.82. The Labute approximate surface area is 165 Å². The third kappa shape index (κ3) is 5.73. The van der Waals surface area contributed by atoms with Crippen LogP contribution in [-0.4, -0.2) is 23.0 Å². The van der Waals surface area contributed by atoms with E-state index < -0.39 is 18.0 Å². The number of pyridine rings is 1. The molecule has 0 radical (unpaired) electrons. The predicted octanol–water partition coefficient (Wildman–Crippen LogP) is 4.93. The molecule has 1 aromatic heterocycles. The lowest BCUT2D eigenvalue weighted by Gasteiger charge is -2.12. The Morgan fingerprint density at radius 2 is 1.92 bits per heavy atom. The highest BCUT2D eigenvalue weighted by atomic mass is 35.5. The van der Waals surface area contributed by atoms with Crippen LogP contribution in [0.5, 0.6) is 0 Å². The molecule has 0 bridgehead atoms. The van der Waals surface area contributed by atoms with Crippen molar-refractivity contribution in [2.45, 2.75) is 20.0 Å². The molecular formula is C18H15Cl3N2O3. The first kappa shape index (κ1) is 20.2. The number of hydrogen-bond donors (Lipinski definition) is 1. The van der Waals surface area contributed by atoms with Gasteiger partial charge >= 0.3 is 5.97 Å². The molecule has 1 atom stereocenters. The summed E-state index contributed by atoms with van der Waals surface area (Å²) >= 11 is 17.7. The van der Waals surface area contributed by atoms with Crippen molar-refractivity contribution >= 4 is 58.6 Å². The van der Waals surface area contributed by atoms with Gasteiger partial charge in [0.2, 0.25) is 0 Å². The molecule has 2 rings (SSSR count). The summed E-state index contributed by atoms with van der Waals surface area (Å²) in [6.45, 7) is 3.32. The average molecular weight is 414 g/mol. The number of carbonyl (C=O) groups is 2. The number of anilines is 1. The maximum absolute atomic E-state index is 12.1. The first-order valence-corrected chi connectivity index (χ1v) is 8.66. The Kier molecular flexibility index (Phi) is 7.03. The highest BCUT2D eigenvalue weighted by Gasteiger charge is 2.18. The van der Waals surface area contributed by atoms with Gasteiger partial charge in [0.1, 0.15) is 0 Å². The molecule has 5 nitrogen and oxygen atoms in total. The van der Waals surface area contributed by atoms with Crippen LogP contribution in [0.4, 0.5) is 5.82 Å². The maximum atomic E-state index is 12.1. The van der Waals surface area contributed by atoms with Crippen LogP contribution in [0.1, 0.15) is 18.1 Å². The van der Waals surface area contributed by atoms with E-state index in [0.717, 1.165) is 11.1 Å². The Bertz CT molecular complexity index is 869. The first-order valence-electron chi connectivity index (χ1n) is 7.53. The predicted molar refractivity (Wildman–Crippen MR) is 104 cm³/mol. The maximum Gasteiger partial charge on any atom is 0.331 e. The van der Waals surface area contributed by atoms with Crippen molar-refractivity contribution in [3.8, 4) is 0 Å². The fourth-order valence-electron chi connectivity index (χ4n) is 1.87. The number of nitrogens with one attached hydrogen (secondary N) is 1. The van der Waals surface area contributed by atoms with Gasteiger partial charge in [-0.05, 0) is 43.2 Å². The van der Waals surface area contributed by atoms with Gasteiger partial charge in [0.15, 0.2) is 11.9 Å². The van der Waals surface area contributed by atoms with E-state index in [2.05, 4.69) is 10.3 Å². The molecule has 1 heterocycles. The quantitative estimate of drug-likeness (QED) is 0.557. The van der Waals surface area contributed by atoms with Gasteiger partial charge in [-0.1, -0.05) is 46.9 Å². The summed E-state index contributed by atoms with van der Waals surface area (Å²) in [4.78, 5) is 27.9. The van der Waals surface area contributed by atoms with Crippen LogP contribution in [0.25, 0.3) is 6.08 Å². The number of benzene rings is 1. The van der Waals surface area contributed by atoms with Crippen LogP contribution in [-0.2, 0) is 14.3 Å². The van der Waals surface area contributed by atoms with Gasteiger partial charge in [-0.25, -0.2) is 9.78 Å². The van der Waals surface area contributed by atoms with Crippen LogP contribution in [0, 0.1) is 6.92 Å². The molecule has 2 aromatic rings. The second-order valence-electron chi connectivity index (χ2n) is 5.39. The number of esters is 1. The van der Waals surface area contributed by atoms with Crippen molar-refractivity contribution in [1.29, 1.82) is 0 Å². The van der Waals surface area contributed by atoms with E-state index in [9.17, 15) is 9.59 Å². The second-order valence-corrected chi connectivity index (χ2v) is 6.65. The van der Waals surface area contributed by atoms with Gasteiger partial charge in [-0.2, -0.15) is 0 Å². The molecule has 136 valence electrons. The van der Waals surface area contributed by atoms with Crippen molar-refractivity contribution in [2.24, 2.45) is 0 Å². The zero-order valence-electron chi connectivity index (χ0n) is 13.9. The van der Waals surface area contributed by atoms with Crippen molar-refractivity contribution in [3.63, 3.8) is 0 Å². The molecule has 26 heavy (non-hydrogen) atoms. The number of aryl methyl sites for hydroxylation is 1. The van der Waals surface area contributed by atoms with Gasteiger partial charge < -0.3 is 10.1 Å². The third-order valence-corrected chi connectivity index (χ3v) is 4.22. The molecule has 0 aliphatic heterocycles. The summed E-state index contributed by atoms with van der Waals surface area (Å²) in [5.74, 6) is -1.10. The van der Waals surface area contributed by atoms with Crippen molar-refractivity contribution < 1.29 is 14.3 Å². The topological polar surface area (TPSA) is 68.3 Å². The number of ether oxygens (including phenoxy) is 1. The Balaban J connectivity index is 1.94. The highest BCUT2D eigenvalue weighted by Crippen LogP contribution is 2.22. The fourth-order valence-corrected chi connectivity index (χ4v) is 2.49. The summed E-state index contributed by atoms with van der Waals surface area (Å²) < 4.78 is 5.06. The van der Waals surface area contributed by atoms with Gasteiger partial charge in [0.25, 0.3) is 5.91 Å². The van der Waals surface area contributed by atoms with E-state index in [1.54, 1.807) is 12.1 Å². The average Bonchev–Trinajstić information content (AvgIpc) is 2.58. The normalized spacial score (nSPS) is 12.0. The van der Waals surface area contributed by atoms with Gasteiger partial charge in [-0.3, -0.25) is 4.79 Å². The Hall–Kier alpha value is -2.08. The van der Waals surface area contributed by atoms with Crippen LogP contribution in [0.2, 0.25) is 15.1 Å². The number of carbonyl (C=O) groups excluding carboxylic acids is 2.